The second kappa shape index (κ2) is 13.3. The lowest BCUT2D eigenvalue weighted by Gasteiger charge is -2.35. The van der Waals surface area contributed by atoms with Gasteiger partial charge in [0, 0.05) is 52.6 Å². The number of piperidine rings is 1. The molecule has 1 atom stereocenters. The van der Waals surface area contributed by atoms with E-state index in [1.165, 1.54) is 18.5 Å². The summed E-state index contributed by atoms with van der Waals surface area (Å²) in [6.07, 6.45) is 6.38. The molecule has 0 radical (unpaired) electrons. The van der Waals surface area contributed by atoms with Crippen LogP contribution in [0, 0.1) is 0 Å². The largest absolute Gasteiger partial charge is 0.376 e. The van der Waals surface area contributed by atoms with Crippen LogP contribution in [0.4, 0.5) is 5.69 Å². The number of guanidine groups is 1. The Morgan fingerprint density at radius 2 is 1.97 bits per heavy atom. The summed E-state index contributed by atoms with van der Waals surface area (Å²) in [5, 5.41) is 3.51. The van der Waals surface area contributed by atoms with Gasteiger partial charge in [0.2, 0.25) is 0 Å². The van der Waals surface area contributed by atoms with Crippen LogP contribution in [0.25, 0.3) is 0 Å². The van der Waals surface area contributed by atoms with Crippen LogP contribution in [0.3, 0.4) is 0 Å². The van der Waals surface area contributed by atoms with Gasteiger partial charge in [-0.2, -0.15) is 0 Å². The number of halogens is 1. The normalized spacial score (nSPS) is 20.8. The van der Waals surface area contributed by atoms with Gasteiger partial charge < -0.3 is 24.6 Å². The Hall–Kier alpha value is -1.06. The summed E-state index contributed by atoms with van der Waals surface area (Å²) < 4.78 is 11.9. The summed E-state index contributed by atoms with van der Waals surface area (Å²) in [6.45, 7) is 5.43. The highest BCUT2D eigenvalue weighted by atomic mass is 127. The first-order valence-corrected chi connectivity index (χ1v) is 10.7. The van der Waals surface area contributed by atoms with E-state index in [2.05, 4.69) is 51.4 Å². The fourth-order valence-corrected chi connectivity index (χ4v) is 3.90. The van der Waals surface area contributed by atoms with E-state index in [0.29, 0.717) is 12.2 Å². The highest BCUT2D eigenvalue weighted by Crippen LogP contribution is 2.18. The van der Waals surface area contributed by atoms with E-state index in [4.69, 9.17) is 9.47 Å². The van der Waals surface area contributed by atoms with Crippen LogP contribution in [0.15, 0.2) is 35.3 Å². The van der Waals surface area contributed by atoms with Gasteiger partial charge in [0.25, 0.3) is 0 Å². The Morgan fingerprint density at radius 3 is 2.62 bits per heavy atom. The van der Waals surface area contributed by atoms with Crippen molar-refractivity contribution in [2.75, 3.05) is 58.4 Å². The summed E-state index contributed by atoms with van der Waals surface area (Å²) in [4.78, 5) is 9.08. The van der Waals surface area contributed by atoms with E-state index in [0.717, 1.165) is 64.6 Å². The third-order valence-electron chi connectivity index (χ3n) is 5.67. The molecule has 2 heterocycles. The van der Waals surface area contributed by atoms with Gasteiger partial charge in [-0.1, -0.05) is 18.2 Å². The van der Waals surface area contributed by atoms with Crippen molar-refractivity contribution in [1.29, 1.82) is 0 Å². The van der Waals surface area contributed by atoms with Gasteiger partial charge in [0.05, 0.1) is 18.8 Å². The Morgan fingerprint density at radius 1 is 1.21 bits per heavy atom. The van der Waals surface area contributed by atoms with Crippen LogP contribution < -0.4 is 10.2 Å². The van der Waals surface area contributed by atoms with Crippen molar-refractivity contribution in [3.8, 4) is 0 Å². The molecule has 1 N–H and O–H groups in total. The number of rotatable bonds is 7. The zero-order valence-electron chi connectivity index (χ0n) is 17.9. The first kappa shape index (κ1) is 24.2. The van der Waals surface area contributed by atoms with E-state index in [9.17, 15) is 0 Å². The summed E-state index contributed by atoms with van der Waals surface area (Å²) in [7, 11) is 3.99. The molecule has 3 rings (SSSR count). The predicted molar refractivity (Wildman–Crippen MR) is 131 cm³/mol. The minimum Gasteiger partial charge on any atom is -0.376 e. The van der Waals surface area contributed by atoms with Crippen LogP contribution in [-0.2, 0) is 9.47 Å². The third-order valence-corrected chi connectivity index (χ3v) is 5.67. The Bertz CT molecular complexity index is 588. The molecule has 29 heavy (non-hydrogen) atoms. The number of hydrogen-bond donors (Lipinski definition) is 1. The van der Waals surface area contributed by atoms with Crippen LogP contribution in [0.2, 0.25) is 0 Å². The highest BCUT2D eigenvalue weighted by Gasteiger charge is 2.23. The molecule has 1 aromatic rings. The van der Waals surface area contributed by atoms with Crippen molar-refractivity contribution >= 4 is 35.6 Å². The number of benzene rings is 1. The number of likely N-dealkylation sites (tertiary alicyclic amines) is 1. The number of aliphatic imine (C=N–C) groups is 1. The summed E-state index contributed by atoms with van der Waals surface area (Å²) in [6, 6.07) is 10.5. The van der Waals surface area contributed by atoms with E-state index >= 15 is 0 Å². The maximum Gasteiger partial charge on any atom is 0.193 e. The molecule has 1 aromatic carbocycles. The SMILES string of the molecule is CN=C(NCCN(C)c1ccccc1)N1CCC(OCC2CCCCO2)CC1.I. The fraction of sp³-hybridized carbons (Fsp3) is 0.682. The molecule has 0 amide bonds. The van der Waals surface area contributed by atoms with E-state index in [-0.39, 0.29) is 24.0 Å². The lowest BCUT2D eigenvalue weighted by Crippen LogP contribution is -2.48. The number of anilines is 1. The maximum absolute atomic E-state index is 6.13. The van der Waals surface area contributed by atoms with Gasteiger partial charge in [-0.25, -0.2) is 0 Å². The molecule has 2 aliphatic rings. The van der Waals surface area contributed by atoms with Crippen molar-refractivity contribution in [2.24, 2.45) is 4.99 Å². The van der Waals surface area contributed by atoms with Gasteiger partial charge in [-0.15, -0.1) is 24.0 Å². The van der Waals surface area contributed by atoms with Crippen LogP contribution in [-0.4, -0.2) is 76.6 Å². The van der Waals surface area contributed by atoms with E-state index in [1.54, 1.807) is 0 Å². The van der Waals surface area contributed by atoms with Crippen molar-refractivity contribution < 1.29 is 9.47 Å². The van der Waals surface area contributed by atoms with Gasteiger partial charge in [0.1, 0.15) is 0 Å². The van der Waals surface area contributed by atoms with Crippen LogP contribution >= 0.6 is 24.0 Å². The number of nitrogens with one attached hydrogen (secondary N) is 1. The van der Waals surface area contributed by atoms with Crippen LogP contribution in [0.1, 0.15) is 32.1 Å². The van der Waals surface area contributed by atoms with E-state index in [1.807, 2.05) is 13.1 Å². The molecule has 0 aliphatic carbocycles. The Labute approximate surface area is 193 Å². The van der Waals surface area contributed by atoms with Gasteiger partial charge in [-0.05, 0) is 44.2 Å². The second-order valence-corrected chi connectivity index (χ2v) is 7.74. The molecule has 164 valence electrons. The molecular weight excluding hydrogens is 479 g/mol. The number of ether oxygens (including phenoxy) is 2. The number of likely N-dealkylation sites (N-methyl/N-ethyl adjacent to an activating group) is 1. The average molecular weight is 516 g/mol. The first-order valence-electron chi connectivity index (χ1n) is 10.7. The topological polar surface area (TPSA) is 49.3 Å². The molecule has 0 aromatic heterocycles. The van der Waals surface area contributed by atoms with Gasteiger partial charge in [0.15, 0.2) is 5.96 Å². The number of hydrogen-bond acceptors (Lipinski definition) is 4. The smallest absolute Gasteiger partial charge is 0.193 e. The predicted octanol–water partition coefficient (Wildman–Crippen LogP) is 3.37. The minimum absolute atomic E-state index is 0. The molecule has 1 unspecified atom stereocenters. The van der Waals surface area contributed by atoms with Crippen molar-refractivity contribution in [3.05, 3.63) is 30.3 Å². The molecule has 6 nitrogen and oxygen atoms in total. The van der Waals surface area contributed by atoms with Crippen molar-refractivity contribution in [1.82, 2.24) is 10.2 Å². The summed E-state index contributed by atoms with van der Waals surface area (Å²) in [5.41, 5.74) is 1.24. The third kappa shape index (κ3) is 7.94. The molecule has 2 fully saturated rings. The summed E-state index contributed by atoms with van der Waals surface area (Å²) in [5.74, 6) is 0.996. The van der Waals surface area contributed by atoms with E-state index < -0.39 is 0 Å². The second-order valence-electron chi connectivity index (χ2n) is 7.74. The summed E-state index contributed by atoms with van der Waals surface area (Å²) >= 11 is 0. The zero-order chi connectivity index (χ0) is 19.6. The van der Waals surface area contributed by atoms with Gasteiger partial charge >= 0.3 is 0 Å². The lowest BCUT2D eigenvalue weighted by atomic mass is 10.1. The maximum atomic E-state index is 6.13. The highest BCUT2D eigenvalue weighted by molar-refractivity contribution is 14.0. The first-order chi connectivity index (χ1) is 13.8. The zero-order valence-corrected chi connectivity index (χ0v) is 20.2. The Kier molecular flexibility index (Phi) is 11.1. The van der Waals surface area contributed by atoms with Crippen molar-refractivity contribution in [3.63, 3.8) is 0 Å². The average Bonchev–Trinajstić information content (AvgIpc) is 2.77. The number of nitrogens with zero attached hydrogens (tertiary/aromatic N) is 3. The molecule has 2 saturated heterocycles. The molecule has 0 saturated carbocycles. The van der Waals surface area contributed by atoms with Crippen molar-refractivity contribution in [2.45, 2.75) is 44.3 Å². The fourth-order valence-electron chi connectivity index (χ4n) is 3.90. The molecule has 0 spiro atoms. The van der Waals surface area contributed by atoms with Crippen LogP contribution in [0.5, 0.6) is 0 Å². The molecule has 2 aliphatic heterocycles. The van der Waals surface area contributed by atoms with Gasteiger partial charge in [-0.3, -0.25) is 4.99 Å². The number of para-hydroxylation sites is 1. The quantitative estimate of drug-likeness (QED) is 0.342. The molecule has 0 bridgehead atoms. The molecule has 7 heteroatoms. The Balaban J connectivity index is 0.00000300. The minimum atomic E-state index is 0. The lowest BCUT2D eigenvalue weighted by molar-refractivity contribution is -0.0721. The monoisotopic (exact) mass is 516 g/mol. The standard InChI is InChI=1S/C22H36N4O2.HI/c1-23-22(24-13-16-25(2)19-8-4-3-5-9-19)26-14-11-20(12-15-26)28-18-21-10-6-7-17-27-21;/h3-5,8-9,20-21H,6-7,10-18H2,1-2H3,(H,23,24);1H. The molecular formula is C22H37IN4O2.